The van der Waals surface area contributed by atoms with E-state index in [1.165, 1.54) is 44.9 Å². The summed E-state index contributed by atoms with van der Waals surface area (Å²) in [5, 5.41) is 9.06. The van der Waals surface area contributed by atoms with E-state index < -0.39 is 0 Å². The van der Waals surface area contributed by atoms with Crippen LogP contribution in [0.4, 0.5) is 0 Å². The highest BCUT2D eigenvalue weighted by Gasteiger charge is 2.27. The zero-order valence-corrected chi connectivity index (χ0v) is 24.5. The van der Waals surface area contributed by atoms with E-state index in [9.17, 15) is 0 Å². The third kappa shape index (κ3) is 14.5. The molecule has 0 fully saturated rings. The van der Waals surface area contributed by atoms with Gasteiger partial charge in [-0.1, -0.05) is 141 Å². The third-order valence-electron chi connectivity index (χ3n) is 4.32. The molecule has 6 atom stereocenters. The lowest BCUT2D eigenvalue weighted by Gasteiger charge is -2.25. The van der Waals surface area contributed by atoms with Gasteiger partial charge in [-0.05, 0) is 25.7 Å². The molecule has 0 aliphatic heterocycles. The van der Waals surface area contributed by atoms with Gasteiger partial charge in [-0.2, -0.15) is 0 Å². The average molecular weight is 744 g/mol. The summed E-state index contributed by atoms with van der Waals surface area (Å²) < 4.78 is 0. The quantitative estimate of drug-likeness (QED) is 0.124. The molecule has 0 bridgehead atoms. The lowest BCUT2D eigenvalue weighted by Crippen LogP contribution is -2.27. The molecule has 0 aliphatic rings. The van der Waals surface area contributed by atoms with Gasteiger partial charge in [0, 0.05) is 35.6 Å². The van der Waals surface area contributed by atoms with Crippen molar-refractivity contribution in [2.75, 3.05) is 6.61 Å². The molecule has 0 aromatic heterocycles. The second-order valence-corrected chi connectivity index (χ2v) is 13.7. The van der Waals surface area contributed by atoms with Gasteiger partial charge < -0.3 is 5.11 Å². The van der Waals surface area contributed by atoms with Crippen LogP contribution in [0.5, 0.6) is 0 Å². The Morgan fingerprint density at radius 1 is 0.560 bits per heavy atom. The van der Waals surface area contributed by atoms with Gasteiger partial charge >= 0.3 is 0 Å². The number of hydrogen-bond acceptors (Lipinski definition) is 1. The fourth-order valence-corrected chi connectivity index (χ4v) is 7.16. The summed E-state index contributed by atoms with van der Waals surface area (Å²) in [5.41, 5.74) is 0. The van der Waals surface area contributed by atoms with Crippen LogP contribution in [0.3, 0.4) is 0 Å². The Morgan fingerprint density at radius 3 is 1.44 bits per heavy atom. The molecule has 1 N–H and O–H groups in total. The van der Waals surface area contributed by atoms with Crippen molar-refractivity contribution in [3.63, 3.8) is 0 Å². The molecule has 0 rings (SSSR count). The number of hydrogen-bond donors (Lipinski definition) is 1. The van der Waals surface area contributed by atoms with Gasteiger partial charge in [0.25, 0.3) is 0 Å². The Morgan fingerprint density at radius 2 is 0.960 bits per heavy atom. The van der Waals surface area contributed by atoms with Gasteiger partial charge in [0.15, 0.2) is 0 Å². The first-order valence-corrected chi connectivity index (χ1v) is 14.8. The molecule has 0 aliphatic carbocycles. The second kappa shape index (κ2) is 17.7. The zero-order valence-electron chi connectivity index (χ0n) is 15.0. The molecule has 0 spiro atoms. The summed E-state index contributed by atoms with van der Waals surface area (Å²) in [7, 11) is 0. The van der Waals surface area contributed by atoms with E-state index in [4.69, 9.17) is 5.11 Å². The molecule has 0 saturated carbocycles. The number of unbranched alkanes of at least 4 members (excludes halogenated alkanes) is 5. The lowest BCUT2D eigenvalue weighted by molar-refractivity contribution is 0.286. The average Bonchev–Trinajstić information content (AvgIpc) is 2.57. The molecule has 0 aromatic rings. The molecule has 0 amide bonds. The topological polar surface area (TPSA) is 20.2 Å². The standard InChI is InChI=1S/C18H32Br6O/c1-2-3-4-5-6-7-8-13(19)15(21)11-17(23)18(24)12-16(22)14(20)9-10-25/h13-18,25H,2-12H2,1H3. The van der Waals surface area contributed by atoms with Crippen molar-refractivity contribution in [3.05, 3.63) is 0 Å². The summed E-state index contributed by atoms with van der Waals surface area (Å²) >= 11 is 22.8. The fourth-order valence-electron chi connectivity index (χ4n) is 2.63. The highest BCUT2D eigenvalue weighted by atomic mass is 79.9. The van der Waals surface area contributed by atoms with E-state index in [2.05, 4.69) is 103 Å². The van der Waals surface area contributed by atoms with Crippen LogP contribution in [0.15, 0.2) is 0 Å². The van der Waals surface area contributed by atoms with E-state index in [1.54, 1.807) is 0 Å². The molecular formula is C18H32Br6O. The van der Waals surface area contributed by atoms with Crippen molar-refractivity contribution in [3.8, 4) is 0 Å². The predicted molar refractivity (Wildman–Crippen MR) is 135 cm³/mol. The summed E-state index contributed by atoms with van der Waals surface area (Å²) in [6.45, 7) is 2.48. The van der Waals surface area contributed by atoms with E-state index in [1.807, 2.05) is 0 Å². The molecule has 152 valence electrons. The molecular weight excluding hydrogens is 712 g/mol. The maximum atomic E-state index is 9.06. The van der Waals surface area contributed by atoms with E-state index >= 15 is 0 Å². The Kier molecular flexibility index (Phi) is 19.7. The first-order valence-electron chi connectivity index (χ1n) is 9.28. The minimum atomic E-state index is 0.218. The van der Waals surface area contributed by atoms with E-state index in [0.717, 1.165) is 19.3 Å². The molecule has 0 radical (unpaired) electrons. The minimum Gasteiger partial charge on any atom is -0.396 e. The Balaban J connectivity index is 4.02. The first-order chi connectivity index (χ1) is 11.8. The third-order valence-corrected chi connectivity index (χ3v) is 12.7. The summed E-state index contributed by atoms with van der Waals surface area (Å²) in [5.74, 6) is 0. The van der Waals surface area contributed by atoms with Crippen molar-refractivity contribution < 1.29 is 5.11 Å². The molecule has 6 unspecified atom stereocenters. The fraction of sp³-hybridized carbons (Fsp3) is 1.00. The molecule has 7 heteroatoms. The summed E-state index contributed by atoms with van der Waals surface area (Å²) in [6.07, 6.45) is 12.2. The van der Waals surface area contributed by atoms with Crippen molar-refractivity contribution >= 4 is 95.6 Å². The SMILES string of the molecule is CCCCCCCCC(Br)C(Br)CC(Br)C(Br)CC(Br)C(Br)CCO. The summed E-state index contributed by atoms with van der Waals surface area (Å²) in [6, 6.07) is 0. The Bertz CT molecular complexity index is 307. The van der Waals surface area contributed by atoms with Gasteiger partial charge in [0.1, 0.15) is 0 Å². The van der Waals surface area contributed by atoms with E-state index in [0.29, 0.717) is 29.0 Å². The van der Waals surface area contributed by atoms with Crippen molar-refractivity contribution in [2.45, 2.75) is 100 Å². The second-order valence-electron chi connectivity index (χ2n) is 6.64. The molecule has 0 aromatic carbocycles. The number of aliphatic hydroxyl groups is 1. The van der Waals surface area contributed by atoms with Crippen LogP contribution in [0.1, 0.15) is 71.1 Å². The monoisotopic (exact) mass is 738 g/mol. The van der Waals surface area contributed by atoms with E-state index in [-0.39, 0.29) is 6.61 Å². The highest BCUT2D eigenvalue weighted by molar-refractivity contribution is 9.13. The van der Waals surface area contributed by atoms with Crippen LogP contribution >= 0.6 is 95.6 Å². The van der Waals surface area contributed by atoms with Crippen LogP contribution in [0, 0.1) is 0 Å². The number of alkyl halides is 6. The Hall–Kier alpha value is 2.84. The molecule has 1 nitrogen and oxygen atoms in total. The Labute approximate surface area is 205 Å². The predicted octanol–water partition coefficient (Wildman–Crippen LogP) is 8.48. The van der Waals surface area contributed by atoms with Gasteiger partial charge in [-0.25, -0.2) is 0 Å². The molecule has 25 heavy (non-hydrogen) atoms. The molecule has 0 saturated heterocycles. The minimum absolute atomic E-state index is 0.218. The smallest absolute Gasteiger partial charge is 0.0442 e. The van der Waals surface area contributed by atoms with Crippen LogP contribution < -0.4 is 0 Å². The number of halogens is 6. The van der Waals surface area contributed by atoms with Gasteiger partial charge in [0.05, 0.1) is 0 Å². The van der Waals surface area contributed by atoms with Crippen LogP contribution in [0.25, 0.3) is 0 Å². The number of rotatable bonds is 16. The summed E-state index contributed by atoms with van der Waals surface area (Å²) in [4.78, 5) is 2.45. The lowest BCUT2D eigenvalue weighted by atomic mass is 10.0. The van der Waals surface area contributed by atoms with Gasteiger partial charge in [-0.15, -0.1) is 0 Å². The van der Waals surface area contributed by atoms with Crippen molar-refractivity contribution in [1.29, 1.82) is 0 Å². The normalized spacial score (nSPS) is 19.2. The largest absolute Gasteiger partial charge is 0.396 e. The highest BCUT2D eigenvalue weighted by Crippen LogP contribution is 2.33. The maximum absolute atomic E-state index is 9.06. The van der Waals surface area contributed by atoms with Crippen LogP contribution in [0.2, 0.25) is 0 Å². The van der Waals surface area contributed by atoms with Crippen molar-refractivity contribution in [1.82, 2.24) is 0 Å². The van der Waals surface area contributed by atoms with Crippen LogP contribution in [-0.4, -0.2) is 40.7 Å². The maximum Gasteiger partial charge on any atom is 0.0442 e. The zero-order chi connectivity index (χ0) is 19.2. The van der Waals surface area contributed by atoms with Crippen LogP contribution in [-0.2, 0) is 0 Å². The van der Waals surface area contributed by atoms with Gasteiger partial charge in [0.2, 0.25) is 0 Å². The van der Waals surface area contributed by atoms with Crippen molar-refractivity contribution in [2.24, 2.45) is 0 Å². The number of aliphatic hydroxyl groups excluding tert-OH is 1. The first kappa shape index (κ1) is 27.8. The van der Waals surface area contributed by atoms with Gasteiger partial charge in [-0.3, -0.25) is 0 Å². The molecule has 0 heterocycles.